The summed E-state index contributed by atoms with van der Waals surface area (Å²) in [6.07, 6.45) is 6.60. The van der Waals surface area contributed by atoms with Crippen LogP contribution in [0.5, 0.6) is 0 Å². The molecule has 0 aromatic carbocycles. The highest BCUT2D eigenvalue weighted by molar-refractivity contribution is 14.0. The molecule has 1 aliphatic heterocycles. The minimum Gasteiger partial charge on any atom is -0.356 e. The highest BCUT2D eigenvalue weighted by atomic mass is 127. The molecule has 0 aliphatic carbocycles. The van der Waals surface area contributed by atoms with Crippen molar-refractivity contribution in [3.8, 4) is 0 Å². The van der Waals surface area contributed by atoms with Crippen LogP contribution in [-0.2, 0) is 6.42 Å². The first-order valence-electron chi connectivity index (χ1n) is 7.98. The van der Waals surface area contributed by atoms with E-state index in [1.54, 1.807) is 17.7 Å². The van der Waals surface area contributed by atoms with E-state index in [-0.39, 0.29) is 24.0 Å². The van der Waals surface area contributed by atoms with Gasteiger partial charge in [0.1, 0.15) is 12.2 Å². The molecule has 24 heavy (non-hydrogen) atoms. The molecule has 1 saturated heterocycles. The van der Waals surface area contributed by atoms with Crippen LogP contribution in [0.4, 0.5) is 0 Å². The molecular weight excluding hydrogens is 437 g/mol. The first-order valence-corrected chi connectivity index (χ1v) is 8.80. The maximum atomic E-state index is 4.41. The Morgan fingerprint density at radius 3 is 2.79 bits per heavy atom. The Labute approximate surface area is 163 Å². The SMILES string of the molecule is CN=C(NCCc1ncc(C)s1)N1CCC(c2ncn[nH]2)CC1.I. The van der Waals surface area contributed by atoms with E-state index >= 15 is 0 Å². The van der Waals surface area contributed by atoms with Crippen molar-refractivity contribution >= 4 is 41.3 Å². The van der Waals surface area contributed by atoms with Gasteiger partial charge in [0.25, 0.3) is 0 Å². The maximum Gasteiger partial charge on any atom is 0.193 e. The van der Waals surface area contributed by atoms with Gasteiger partial charge in [-0.25, -0.2) is 9.97 Å². The molecular formula is C15H24IN7S. The number of aromatic nitrogens is 4. The van der Waals surface area contributed by atoms with Gasteiger partial charge < -0.3 is 10.2 Å². The van der Waals surface area contributed by atoms with E-state index < -0.39 is 0 Å². The van der Waals surface area contributed by atoms with E-state index in [2.05, 4.69) is 42.3 Å². The molecule has 1 aliphatic rings. The van der Waals surface area contributed by atoms with Gasteiger partial charge in [0.15, 0.2) is 5.96 Å². The van der Waals surface area contributed by atoms with Crippen molar-refractivity contribution in [3.63, 3.8) is 0 Å². The number of aryl methyl sites for hydroxylation is 1. The molecule has 0 spiro atoms. The average Bonchev–Trinajstić information content (AvgIpc) is 3.24. The summed E-state index contributed by atoms with van der Waals surface area (Å²) in [7, 11) is 1.85. The summed E-state index contributed by atoms with van der Waals surface area (Å²) in [6.45, 7) is 4.93. The Morgan fingerprint density at radius 1 is 1.42 bits per heavy atom. The van der Waals surface area contributed by atoms with Crippen molar-refractivity contribution in [2.45, 2.75) is 32.1 Å². The predicted octanol–water partition coefficient (Wildman–Crippen LogP) is 2.19. The van der Waals surface area contributed by atoms with Crippen LogP contribution in [0.25, 0.3) is 0 Å². The van der Waals surface area contributed by atoms with Gasteiger partial charge in [-0.2, -0.15) is 5.10 Å². The second-order valence-corrected chi connectivity index (χ2v) is 7.04. The highest BCUT2D eigenvalue weighted by Crippen LogP contribution is 2.24. The summed E-state index contributed by atoms with van der Waals surface area (Å²) in [4.78, 5) is 16.7. The number of halogens is 1. The average molecular weight is 461 g/mol. The molecule has 3 rings (SSSR count). The quantitative estimate of drug-likeness (QED) is 0.415. The molecule has 2 N–H and O–H groups in total. The summed E-state index contributed by atoms with van der Waals surface area (Å²) in [5.41, 5.74) is 0. The van der Waals surface area contributed by atoms with E-state index in [0.29, 0.717) is 5.92 Å². The second kappa shape index (κ2) is 9.30. The Bertz CT molecular complexity index is 632. The maximum absolute atomic E-state index is 4.41. The van der Waals surface area contributed by atoms with E-state index in [9.17, 15) is 0 Å². The van der Waals surface area contributed by atoms with Gasteiger partial charge in [0.05, 0.1) is 5.01 Å². The summed E-state index contributed by atoms with van der Waals surface area (Å²) >= 11 is 1.76. The number of hydrogen-bond donors (Lipinski definition) is 2. The van der Waals surface area contributed by atoms with Gasteiger partial charge in [-0.15, -0.1) is 35.3 Å². The second-order valence-electron chi connectivity index (χ2n) is 5.72. The van der Waals surface area contributed by atoms with Gasteiger partial charge in [-0.3, -0.25) is 10.1 Å². The number of aromatic amines is 1. The van der Waals surface area contributed by atoms with Gasteiger partial charge in [-0.05, 0) is 19.8 Å². The fourth-order valence-electron chi connectivity index (χ4n) is 2.91. The van der Waals surface area contributed by atoms with Crippen LogP contribution in [0.3, 0.4) is 0 Å². The number of piperidine rings is 1. The van der Waals surface area contributed by atoms with Crippen molar-refractivity contribution < 1.29 is 0 Å². The third-order valence-electron chi connectivity index (χ3n) is 4.12. The molecule has 7 nitrogen and oxygen atoms in total. The molecule has 0 amide bonds. The Hall–Kier alpha value is -1.23. The first-order chi connectivity index (χ1) is 11.3. The van der Waals surface area contributed by atoms with Gasteiger partial charge in [-0.1, -0.05) is 0 Å². The van der Waals surface area contributed by atoms with Crippen LogP contribution in [0.15, 0.2) is 17.5 Å². The lowest BCUT2D eigenvalue weighted by molar-refractivity contribution is 0.299. The molecule has 3 heterocycles. The fourth-order valence-corrected chi connectivity index (χ4v) is 3.69. The molecule has 1 fully saturated rings. The van der Waals surface area contributed by atoms with E-state index in [1.165, 1.54) is 9.88 Å². The number of H-pyrrole nitrogens is 1. The monoisotopic (exact) mass is 461 g/mol. The van der Waals surface area contributed by atoms with Crippen LogP contribution in [0.2, 0.25) is 0 Å². The zero-order valence-corrected chi connectivity index (χ0v) is 17.2. The van der Waals surface area contributed by atoms with Crippen LogP contribution in [0.1, 0.15) is 34.5 Å². The highest BCUT2D eigenvalue weighted by Gasteiger charge is 2.24. The lowest BCUT2D eigenvalue weighted by Gasteiger charge is -2.33. The molecule has 0 unspecified atom stereocenters. The van der Waals surface area contributed by atoms with Gasteiger partial charge in [0.2, 0.25) is 0 Å². The van der Waals surface area contributed by atoms with Crippen molar-refractivity contribution in [3.05, 3.63) is 28.2 Å². The first kappa shape index (κ1) is 19.1. The fraction of sp³-hybridized carbons (Fsp3) is 0.600. The molecule has 0 atom stereocenters. The molecule has 0 radical (unpaired) electrons. The van der Waals surface area contributed by atoms with E-state index in [1.807, 2.05) is 13.2 Å². The number of hydrogen-bond acceptors (Lipinski definition) is 5. The minimum atomic E-state index is 0. The van der Waals surface area contributed by atoms with Crippen molar-refractivity contribution in [2.24, 2.45) is 4.99 Å². The topological polar surface area (TPSA) is 82.1 Å². The van der Waals surface area contributed by atoms with Crippen molar-refractivity contribution in [2.75, 3.05) is 26.7 Å². The largest absolute Gasteiger partial charge is 0.356 e. The Balaban J connectivity index is 0.00000208. The third-order valence-corrected chi connectivity index (χ3v) is 5.09. The summed E-state index contributed by atoms with van der Waals surface area (Å²) in [6, 6.07) is 0. The zero-order valence-electron chi connectivity index (χ0n) is 14.0. The number of nitrogens with zero attached hydrogens (tertiary/aromatic N) is 5. The molecule has 9 heteroatoms. The lowest BCUT2D eigenvalue weighted by atomic mass is 9.96. The number of aliphatic imine (C=N–C) groups is 1. The van der Waals surface area contributed by atoms with Crippen LogP contribution in [-0.4, -0.2) is 57.7 Å². The van der Waals surface area contributed by atoms with Gasteiger partial charge >= 0.3 is 0 Å². The van der Waals surface area contributed by atoms with E-state index in [4.69, 9.17) is 0 Å². The summed E-state index contributed by atoms with van der Waals surface area (Å²) < 4.78 is 0. The molecule has 0 saturated carbocycles. The Morgan fingerprint density at radius 2 is 2.21 bits per heavy atom. The van der Waals surface area contributed by atoms with E-state index in [0.717, 1.165) is 50.7 Å². The van der Waals surface area contributed by atoms with Gasteiger partial charge in [0, 0.05) is 50.1 Å². The number of rotatable bonds is 4. The van der Waals surface area contributed by atoms with Crippen LogP contribution < -0.4 is 5.32 Å². The lowest BCUT2D eigenvalue weighted by Crippen LogP contribution is -2.45. The summed E-state index contributed by atoms with van der Waals surface area (Å²) in [5.74, 6) is 2.46. The van der Waals surface area contributed by atoms with Crippen molar-refractivity contribution in [1.29, 1.82) is 0 Å². The standard InChI is InChI=1S/C15H23N7S.HI/c1-11-9-18-13(23-11)3-6-17-15(16-2)22-7-4-12(5-8-22)14-19-10-20-21-14;/h9-10,12H,3-8H2,1-2H3,(H,16,17)(H,19,20,21);1H. The minimum absolute atomic E-state index is 0. The number of thiazole rings is 1. The molecule has 2 aromatic rings. The number of guanidine groups is 1. The Kier molecular flexibility index (Phi) is 7.40. The number of nitrogens with one attached hydrogen (secondary N) is 2. The smallest absolute Gasteiger partial charge is 0.193 e. The van der Waals surface area contributed by atoms with Crippen molar-refractivity contribution in [1.82, 2.24) is 30.4 Å². The third kappa shape index (κ3) is 4.88. The van der Waals surface area contributed by atoms with Crippen LogP contribution in [0, 0.1) is 6.92 Å². The molecule has 132 valence electrons. The van der Waals surface area contributed by atoms with Crippen LogP contribution >= 0.6 is 35.3 Å². The normalized spacial score (nSPS) is 16.1. The number of likely N-dealkylation sites (tertiary alicyclic amines) is 1. The predicted molar refractivity (Wildman–Crippen MR) is 107 cm³/mol. The summed E-state index contributed by atoms with van der Waals surface area (Å²) in [5, 5.41) is 11.6. The molecule has 0 bridgehead atoms. The zero-order chi connectivity index (χ0) is 16.1. The molecule has 2 aromatic heterocycles.